The summed E-state index contributed by atoms with van der Waals surface area (Å²) in [5.41, 5.74) is 0. The van der Waals surface area contributed by atoms with Crippen LogP contribution in [0.15, 0.2) is 0 Å². The van der Waals surface area contributed by atoms with Crippen LogP contribution in [0.4, 0.5) is 0 Å². The Bertz CT molecular complexity index is 583. The summed E-state index contributed by atoms with van der Waals surface area (Å²) in [6, 6.07) is 0. The molecule has 2 rings (SSSR count). The lowest BCUT2D eigenvalue weighted by molar-refractivity contribution is -0.139. The number of nitrogens with zero attached hydrogens (tertiary/aromatic N) is 1. The van der Waals surface area contributed by atoms with Gasteiger partial charge in [-0.05, 0) is 46.7 Å². The van der Waals surface area contributed by atoms with Crippen LogP contribution in [-0.2, 0) is 19.2 Å². The Balaban J connectivity index is 1.76. The van der Waals surface area contributed by atoms with Gasteiger partial charge in [0.2, 0.25) is 23.6 Å². The van der Waals surface area contributed by atoms with E-state index in [0.29, 0.717) is 18.7 Å². The van der Waals surface area contributed by atoms with Crippen LogP contribution >= 0.6 is 21.2 Å². The maximum absolute atomic E-state index is 12.5. The van der Waals surface area contributed by atoms with Crippen molar-refractivity contribution in [3.8, 4) is 0 Å². The van der Waals surface area contributed by atoms with E-state index in [1.165, 1.54) is 23.6 Å². The summed E-state index contributed by atoms with van der Waals surface area (Å²) in [6.45, 7) is 1.76. The maximum Gasteiger partial charge on any atom is 0.242 e. The molecule has 8 nitrogen and oxygen atoms in total. The van der Waals surface area contributed by atoms with Gasteiger partial charge in [-0.1, -0.05) is 0 Å². The van der Waals surface area contributed by atoms with E-state index in [-0.39, 0.29) is 41.9 Å². The van der Waals surface area contributed by atoms with Crippen molar-refractivity contribution in [3.05, 3.63) is 0 Å². The second kappa shape index (κ2) is 10.4. The third-order valence-electron chi connectivity index (χ3n) is 5.08. The maximum atomic E-state index is 12.5. The number of rotatable bonds is 8. The molecule has 0 aromatic carbocycles. The molecule has 3 atom stereocenters. The van der Waals surface area contributed by atoms with E-state index in [1.54, 1.807) is 0 Å². The molecular weight excluding hydrogens is 389 g/mol. The highest BCUT2D eigenvalue weighted by Gasteiger charge is 2.40. The molecule has 1 aliphatic heterocycles. The Labute approximate surface area is 165 Å². The van der Waals surface area contributed by atoms with Crippen molar-refractivity contribution in [3.63, 3.8) is 0 Å². The molecule has 1 saturated heterocycles. The standard InChI is InChI=1S/C17H28N3O5PS/c1-10(21)18-14(22)6-7-27-13-8-15(23)20(17(13)25)9-11-2-4-12(5-3-11)16(24)19-26/h11-14,22H,2-9,26H2,1H3,(H,18,21)(H,19,24). The zero-order valence-corrected chi connectivity index (χ0v) is 17.5. The molecular formula is C17H28N3O5PS. The normalized spacial score (nSPS) is 26.8. The number of aliphatic hydroxyl groups is 1. The number of carbonyl (C=O) groups excluding carboxylic acids is 4. The Morgan fingerprint density at radius 1 is 1.30 bits per heavy atom. The van der Waals surface area contributed by atoms with Gasteiger partial charge in [-0.2, -0.15) is 0 Å². The minimum atomic E-state index is -0.938. The first kappa shape index (κ1) is 22.1. The number of likely N-dealkylation sites (tertiary alicyclic amines) is 1. The van der Waals surface area contributed by atoms with Crippen molar-refractivity contribution >= 4 is 44.8 Å². The summed E-state index contributed by atoms with van der Waals surface area (Å²) in [5.74, 6) is 0.154. The molecule has 3 N–H and O–H groups in total. The van der Waals surface area contributed by atoms with Crippen molar-refractivity contribution < 1.29 is 24.3 Å². The molecule has 10 heteroatoms. The number of thioether (sulfide) groups is 1. The fourth-order valence-corrected chi connectivity index (χ4v) is 5.00. The number of aliphatic hydroxyl groups excluding tert-OH is 1. The van der Waals surface area contributed by atoms with Crippen molar-refractivity contribution in [2.75, 3.05) is 12.3 Å². The van der Waals surface area contributed by atoms with E-state index < -0.39 is 11.5 Å². The van der Waals surface area contributed by atoms with Gasteiger partial charge < -0.3 is 15.5 Å². The first-order valence-electron chi connectivity index (χ1n) is 9.23. The minimum absolute atomic E-state index is 0.0158. The molecule has 27 heavy (non-hydrogen) atoms. The third-order valence-corrected chi connectivity index (χ3v) is 6.61. The van der Waals surface area contributed by atoms with E-state index in [0.717, 1.165) is 25.7 Å². The largest absolute Gasteiger partial charge is 0.374 e. The van der Waals surface area contributed by atoms with Gasteiger partial charge in [0.15, 0.2) is 0 Å². The minimum Gasteiger partial charge on any atom is -0.374 e. The summed E-state index contributed by atoms with van der Waals surface area (Å²) in [4.78, 5) is 48.7. The van der Waals surface area contributed by atoms with E-state index in [9.17, 15) is 24.3 Å². The molecule has 0 radical (unpaired) electrons. The molecule has 4 amide bonds. The lowest BCUT2D eigenvalue weighted by Crippen LogP contribution is -2.38. The smallest absolute Gasteiger partial charge is 0.242 e. The van der Waals surface area contributed by atoms with Crippen LogP contribution in [0.1, 0.15) is 45.4 Å². The second-order valence-corrected chi connectivity index (χ2v) is 8.74. The third kappa shape index (κ3) is 6.43. The number of amides is 4. The van der Waals surface area contributed by atoms with Gasteiger partial charge in [0, 0.05) is 32.2 Å². The van der Waals surface area contributed by atoms with Crippen molar-refractivity contribution in [1.29, 1.82) is 0 Å². The zero-order chi connectivity index (χ0) is 20.0. The lowest BCUT2D eigenvalue weighted by atomic mass is 9.81. The van der Waals surface area contributed by atoms with Gasteiger partial charge in [-0.15, -0.1) is 11.8 Å². The first-order valence-corrected chi connectivity index (χ1v) is 10.9. The fourth-order valence-electron chi connectivity index (χ4n) is 3.59. The Kier molecular flexibility index (Phi) is 8.51. The van der Waals surface area contributed by atoms with E-state index in [2.05, 4.69) is 19.8 Å². The van der Waals surface area contributed by atoms with Crippen molar-refractivity contribution in [2.24, 2.45) is 11.8 Å². The van der Waals surface area contributed by atoms with Crippen LogP contribution in [0, 0.1) is 11.8 Å². The monoisotopic (exact) mass is 417 g/mol. The molecule has 0 aromatic rings. The van der Waals surface area contributed by atoms with Crippen molar-refractivity contribution in [1.82, 2.24) is 15.3 Å². The van der Waals surface area contributed by atoms with E-state index in [4.69, 9.17) is 0 Å². The van der Waals surface area contributed by atoms with Gasteiger partial charge in [-0.25, -0.2) is 0 Å². The molecule has 1 saturated carbocycles. The molecule has 0 spiro atoms. The Morgan fingerprint density at radius 2 is 1.96 bits per heavy atom. The molecule has 2 aliphatic rings. The summed E-state index contributed by atoms with van der Waals surface area (Å²) in [6.07, 6.45) is 2.79. The van der Waals surface area contributed by atoms with Crippen LogP contribution < -0.4 is 10.4 Å². The lowest BCUT2D eigenvalue weighted by Gasteiger charge is -2.29. The SMILES string of the molecule is CC(=O)NC(O)CCSC1CC(=O)N(CC2CCC(C(=O)NP)CC2)C1=O. The molecule has 0 aromatic heterocycles. The molecule has 3 unspecified atom stereocenters. The average molecular weight is 417 g/mol. The Morgan fingerprint density at radius 3 is 2.56 bits per heavy atom. The predicted octanol–water partition coefficient (Wildman–Crippen LogP) is 0.404. The van der Waals surface area contributed by atoms with Crippen LogP contribution in [-0.4, -0.2) is 57.4 Å². The van der Waals surface area contributed by atoms with E-state index in [1.807, 2.05) is 0 Å². The number of hydrogen-bond acceptors (Lipinski definition) is 6. The molecule has 152 valence electrons. The van der Waals surface area contributed by atoms with Crippen LogP contribution in [0.2, 0.25) is 0 Å². The number of nitrogens with one attached hydrogen (secondary N) is 2. The highest BCUT2D eigenvalue weighted by atomic mass is 32.2. The zero-order valence-electron chi connectivity index (χ0n) is 15.5. The first-order chi connectivity index (χ1) is 12.8. The van der Waals surface area contributed by atoms with Crippen LogP contribution in [0.5, 0.6) is 0 Å². The molecule has 2 fully saturated rings. The highest BCUT2D eigenvalue weighted by molar-refractivity contribution is 8.00. The number of carbonyl (C=O) groups is 4. The van der Waals surface area contributed by atoms with Gasteiger partial charge >= 0.3 is 0 Å². The summed E-state index contributed by atoms with van der Waals surface area (Å²) < 4.78 is 0. The average Bonchev–Trinajstić information content (AvgIpc) is 2.88. The fraction of sp³-hybridized carbons (Fsp3) is 0.765. The quantitative estimate of drug-likeness (QED) is 0.299. The second-order valence-electron chi connectivity index (χ2n) is 7.14. The van der Waals surface area contributed by atoms with Gasteiger partial charge in [0.25, 0.3) is 0 Å². The van der Waals surface area contributed by atoms with Crippen LogP contribution in [0.25, 0.3) is 0 Å². The Hall–Kier alpha value is -1.18. The molecule has 1 aliphatic carbocycles. The van der Waals surface area contributed by atoms with Crippen LogP contribution in [0.3, 0.4) is 0 Å². The van der Waals surface area contributed by atoms with Gasteiger partial charge in [0.1, 0.15) is 6.23 Å². The highest BCUT2D eigenvalue weighted by Crippen LogP contribution is 2.32. The number of imide groups is 1. The van der Waals surface area contributed by atoms with Gasteiger partial charge in [-0.3, -0.25) is 24.1 Å². The predicted molar refractivity (Wildman–Crippen MR) is 105 cm³/mol. The van der Waals surface area contributed by atoms with E-state index >= 15 is 0 Å². The summed E-state index contributed by atoms with van der Waals surface area (Å²) >= 11 is 1.35. The molecule has 0 bridgehead atoms. The molecule has 1 heterocycles. The van der Waals surface area contributed by atoms with Crippen molar-refractivity contribution in [2.45, 2.75) is 56.9 Å². The summed E-state index contributed by atoms with van der Waals surface area (Å²) in [5, 5.41) is 14.2. The topological polar surface area (TPSA) is 116 Å². The number of hydrogen-bond donors (Lipinski definition) is 3. The summed E-state index contributed by atoms with van der Waals surface area (Å²) in [7, 11) is 2.23. The van der Waals surface area contributed by atoms with Gasteiger partial charge in [0.05, 0.1) is 5.25 Å².